The molecule has 8 heteroatoms. The number of ether oxygens (including phenoxy) is 2. The van der Waals surface area contributed by atoms with Gasteiger partial charge in [-0.3, -0.25) is 14.5 Å². The maximum atomic E-state index is 13.3. The van der Waals surface area contributed by atoms with Crippen molar-refractivity contribution in [3.8, 4) is 11.5 Å². The minimum Gasteiger partial charge on any atom is -0.507 e. The zero-order valence-electron chi connectivity index (χ0n) is 21.2. The van der Waals surface area contributed by atoms with E-state index in [0.29, 0.717) is 41.0 Å². The van der Waals surface area contributed by atoms with Gasteiger partial charge in [0.05, 0.1) is 11.6 Å². The minimum atomic E-state index is -0.859. The summed E-state index contributed by atoms with van der Waals surface area (Å²) in [6.45, 7) is 6.42. The van der Waals surface area contributed by atoms with Crippen LogP contribution >= 0.6 is 11.3 Å². The monoisotopic (exact) mass is 538 g/mol. The van der Waals surface area contributed by atoms with Gasteiger partial charge in [-0.1, -0.05) is 54.6 Å². The maximum Gasteiger partial charge on any atom is 0.301 e. The molecule has 196 valence electrons. The number of thiazole rings is 1. The number of amides is 1. The molecule has 0 saturated carbocycles. The molecule has 0 bridgehead atoms. The third kappa shape index (κ3) is 5.46. The van der Waals surface area contributed by atoms with Gasteiger partial charge >= 0.3 is 5.91 Å². The molecule has 1 aliphatic heterocycles. The zero-order chi connectivity index (χ0) is 27.4. The smallest absolute Gasteiger partial charge is 0.301 e. The highest BCUT2D eigenvalue weighted by Gasteiger charge is 2.48. The van der Waals surface area contributed by atoms with Crippen molar-refractivity contribution >= 4 is 33.9 Å². The molecular formula is C31H26N2O5S. The lowest BCUT2D eigenvalue weighted by atomic mass is 9.95. The van der Waals surface area contributed by atoms with Crippen molar-refractivity contribution in [2.24, 2.45) is 0 Å². The fourth-order valence-corrected chi connectivity index (χ4v) is 5.08. The predicted octanol–water partition coefficient (Wildman–Crippen LogP) is 6.22. The van der Waals surface area contributed by atoms with Crippen LogP contribution in [0.2, 0.25) is 0 Å². The zero-order valence-corrected chi connectivity index (χ0v) is 22.1. The fourth-order valence-electron chi connectivity index (χ4n) is 4.41. The van der Waals surface area contributed by atoms with Crippen molar-refractivity contribution in [3.63, 3.8) is 0 Å². The number of hydrogen-bond donors (Lipinski definition) is 1. The summed E-state index contributed by atoms with van der Waals surface area (Å²) in [4.78, 5) is 32.1. The highest BCUT2D eigenvalue weighted by molar-refractivity contribution is 7.14. The highest BCUT2D eigenvalue weighted by Crippen LogP contribution is 2.43. The Labute approximate surface area is 230 Å². The second-order valence-electron chi connectivity index (χ2n) is 8.95. The van der Waals surface area contributed by atoms with Crippen molar-refractivity contribution in [1.82, 2.24) is 4.98 Å². The van der Waals surface area contributed by atoms with Crippen LogP contribution in [0, 0.1) is 6.92 Å². The molecule has 1 fully saturated rings. The Balaban J connectivity index is 1.47. The summed E-state index contributed by atoms with van der Waals surface area (Å²) in [6, 6.07) is 21.0. The summed E-state index contributed by atoms with van der Waals surface area (Å²) >= 11 is 1.24. The summed E-state index contributed by atoms with van der Waals surface area (Å²) in [5.41, 5.74) is 3.22. The third-order valence-electron chi connectivity index (χ3n) is 6.25. The Morgan fingerprint density at radius 1 is 1.05 bits per heavy atom. The summed E-state index contributed by atoms with van der Waals surface area (Å²) in [5.74, 6) is -0.565. The normalized spacial score (nSPS) is 16.3. The van der Waals surface area contributed by atoms with Crippen LogP contribution in [0.25, 0.3) is 5.76 Å². The minimum absolute atomic E-state index is 0.0108. The molecule has 1 amide bonds. The van der Waals surface area contributed by atoms with E-state index in [0.717, 1.165) is 11.1 Å². The van der Waals surface area contributed by atoms with Crippen molar-refractivity contribution in [2.45, 2.75) is 19.6 Å². The number of Topliss-reactive ketones (excluding diaryl/α,β-unsaturated/α-hetero) is 1. The number of aliphatic hydroxyl groups excluding tert-OH is 1. The molecule has 7 nitrogen and oxygen atoms in total. The number of anilines is 1. The van der Waals surface area contributed by atoms with E-state index in [4.69, 9.17) is 9.47 Å². The first kappa shape index (κ1) is 25.9. The number of aromatic nitrogens is 1. The first-order valence-electron chi connectivity index (χ1n) is 12.3. The number of carbonyl (C=O) groups is 2. The van der Waals surface area contributed by atoms with E-state index in [1.54, 1.807) is 66.2 Å². The second kappa shape index (κ2) is 11.4. The third-order valence-corrected chi connectivity index (χ3v) is 7.02. The van der Waals surface area contributed by atoms with Crippen LogP contribution < -0.4 is 14.4 Å². The number of carbonyl (C=O) groups excluding carboxylic acids is 2. The molecule has 1 atom stereocenters. The van der Waals surface area contributed by atoms with Gasteiger partial charge in [-0.25, -0.2) is 4.98 Å². The Bertz CT molecular complexity index is 1530. The van der Waals surface area contributed by atoms with Crippen molar-refractivity contribution < 1.29 is 24.2 Å². The molecule has 5 rings (SSSR count). The maximum absolute atomic E-state index is 13.3. The van der Waals surface area contributed by atoms with Gasteiger partial charge in [0.1, 0.15) is 30.5 Å². The fraction of sp³-hybridized carbons (Fsp3) is 0.129. The average Bonchev–Trinajstić information content (AvgIpc) is 3.57. The van der Waals surface area contributed by atoms with Crippen LogP contribution in [-0.4, -0.2) is 28.4 Å². The summed E-state index contributed by atoms with van der Waals surface area (Å²) in [5, 5.41) is 13.4. The lowest BCUT2D eigenvalue weighted by molar-refractivity contribution is -0.132. The largest absolute Gasteiger partial charge is 0.507 e. The number of benzene rings is 3. The molecule has 1 aromatic heterocycles. The Morgan fingerprint density at radius 2 is 1.77 bits per heavy atom. The molecule has 4 aromatic rings. The van der Waals surface area contributed by atoms with Crippen LogP contribution in [0.5, 0.6) is 11.5 Å². The average molecular weight is 539 g/mol. The van der Waals surface area contributed by atoms with E-state index in [1.165, 1.54) is 16.2 Å². The van der Waals surface area contributed by atoms with Crippen molar-refractivity contribution in [2.75, 3.05) is 11.5 Å². The van der Waals surface area contributed by atoms with E-state index >= 15 is 0 Å². The van der Waals surface area contributed by atoms with E-state index in [1.807, 2.05) is 25.1 Å². The second-order valence-corrected chi connectivity index (χ2v) is 9.83. The van der Waals surface area contributed by atoms with E-state index in [9.17, 15) is 14.7 Å². The van der Waals surface area contributed by atoms with Crippen LogP contribution in [0.1, 0.15) is 28.3 Å². The van der Waals surface area contributed by atoms with Crippen molar-refractivity contribution in [1.29, 1.82) is 0 Å². The van der Waals surface area contributed by atoms with Crippen LogP contribution in [0.15, 0.2) is 103 Å². The Hall–Kier alpha value is -4.69. The lowest BCUT2D eigenvalue weighted by Crippen LogP contribution is -2.29. The van der Waals surface area contributed by atoms with Crippen LogP contribution in [0.3, 0.4) is 0 Å². The van der Waals surface area contributed by atoms with Crippen molar-refractivity contribution in [3.05, 3.63) is 125 Å². The Kier molecular flexibility index (Phi) is 7.56. The van der Waals surface area contributed by atoms with Gasteiger partial charge in [-0.15, -0.1) is 11.3 Å². The van der Waals surface area contributed by atoms with Gasteiger partial charge < -0.3 is 14.6 Å². The molecule has 0 aliphatic carbocycles. The SMILES string of the molecule is C=CCOc1ccc([C@H]2/C(=C(\O)c3ccc(OCc4cccc(C)c4)cc3)C(=O)C(=O)N2c2nccs2)cc1. The first-order chi connectivity index (χ1) is 19.0. The lowest BCUT2D eigenvalue weighted by Gasteiger charge is -2.23. The molecule has 1 saturated heterocycles. The summed E-state index contributed by atoms with van der Waals surface area (Å²) < 4.78 is 11.5. The molecular weight excluding hydrogens is 512 g/mol. The van der Waals surface area contributed by atoms with E-state index in [-0.39, 0.29) is 11.3 Å². The molecule has 0 radical (unpaired) electrons. The first-order valence-corrected chi connectivity index (χ1v) is 13.2. The quantitative estimate of drug-likeness (QED) is 0.118. The van der Waals surface area contributed by atoms with Gasteiger partial charge in [0.2, 0.25) is 0 Å². The molecule has 1 N–H and O–H groups in total. The number of hydrogen-bond acceptors (Lipinski definition) is 7. The molecule has 0 unspecified atom stereocenters. The van der Waals surface area contributed by atoms with Crippen LogP contribution in [0.4, 0.5) is 5.13 Å². The predicted molar refractivity (Wildman–Crippen MR) is 151 cm³/mol. The molecule has 0 spiro atoms. The van der Waals surface area contributed by atoms with Gasteiger partial charge in [0.25, 0.3) is 5.78 Å². The molecule has 3 aromatic carbocycles. The van der Waals surface area contributed by atoms with E-state index < -0.39 is 17.7 Å². The highest BCUT2D eigenvalue weighted by atomic mass is 32.1. The molecule has 2 heterocycles. The summed E-state index contributed by atoms with van der Waals surface area (Å²) in [6.07, 6.45) is 3.21. The number of aryl methyl sites for hydroxylation is 1. The van der Waals surface area contributed by atoms with Gasteiger partial charge in [0.15, 0.2) is 5.13 Å². The van der Waals surface area contributed by atoms with E-state index in [2.05, 4.69) is 17.6 Å². The number of rotatable bonds is 9. The van der Waals surface area contributed by atoms with Gasteiger partial charge in [0, 0.05) is 17.1 Å². The molecule has 39 heavy (non-hydrogen) atoms. The van der Waals surface area contributed by atoms with Crippen LogP contribution in [-0.2, 0) is 16.2 Å². The summed E-state index contributed by atoms with van der Waals surface area (Å²) in [7, 11) is 0. The topological polar surface area (TPSA) is 89.0 Å². The number of nitrogens with zero attached hydrogens (tertiary/aromatic N) is 2. The Morgan fingerprint density at radius 3 is 2.44 bits per heavy atom. The standard InChI is InChI=1S/C31H26N2O5S/c1-3-16-37-24-11-7-22(8-12-24)27-26(29(35)30(36)33(27)31-32-15-17-39-31)28(34)23-9-13-25(14-10-23)38-19-21-6-4-5-20(2)18-21/h3-15,17-18,27,34H,1,16,19H2,2H3/b28-26+/t27-/m0/s1. The van der Waals surface area contributed by atoms with Gasteiger partial charge in [-0.05, 0) is 54.4 Å². The van der Waals surface area contributed by atoms with Gasteiger partial charge in [-0.2, -0.15) is 0 Å². The molecule has 1 aliphatic rings. The number of ketones is 1. The number of aliphatic hydroxyl groups is 1.